The van der Waals surface area contributed by atoms with Crippen molar-refractivity contribution in [2.75, 3.05) is 14.2 Å². The second-order valence-corrected chi connectivity index (χ2v) is 4.53. The Balaban J connectivity index is 1.98. The van der Waals surface area contributed by atoms with Gasteiger partial charge in [-0.3, -0.25) is 0 Å². The first-order valence-electron chi connectivity index (χ1n) is 6.43. The molecule has 0 fully saturated rings. The Bertz CT molecular complexity index is 734. The molecule has 0 N–H and O–H groups in total. The molecule has 2 aromatic heterocycles. The second-order valence-electron chi connectivity index (χ2n) is 4.53. The van der Waals surface area contributed by atoms with Crippen molar-refractivity contribution in [3.63, 3.8) is 0 Å². The van der Waals surface area contributed by atoms with E-state index in [1.54, 1.807) is 14.2 Å². The number of benzene rings is 1. The van der Waals surface area contributed by atoms with E-state index in [4.69, 9.17) is 9.47 Å². The van der Waals surface area contributed by atoms with E-state index in [1.165, 1.54) is 5.56 Å². The third kappa shape index (κ3) is 2.20. The first kappa shape index (κ1) is 12.5. The molecule has 0 saturated carbocycles. The molecular formula is C16H16N2O2. The smallest absolute Gasteiger partial charge is 0.144 e. The first-order valence-corrected chi connectivity index (χ1v) is 6.43. The maximum absolute atomic E-state index is 5.35. The molecular weight excluding hydrogens is 252 g/mol. The van der Waals surface area contributed by atoms with Crippen LogP contribution in [0.5, 0.6) is 11.5 Å². The maximum Gasteiger partial charge on any atom is 0.144 e. The molecule has 0 radical (unpaired) electrons. The van der Waals surface area contributed by atoms with E-state index in [0.29, 0.717) is 0 Å². The van der Waals surface area contributed by atoms with Crippen molar-refractivity contribution >= 4 is 5.52 Å². The lowest BCUT2D eigenvalue weighted by Crippen LogP contribution is -1.97. The van der Waals surface area contributed by atoms with Gasteiger partial charge in [-0.2, -0.15) is 0 Å². The zero-order valence-corrected chi connectivity index (χ0v) is 11.5. The van der Waals surface area contributed by atoms with E-state index in [9.17, 15) is 0 Å². The number of ether oxygens (including phenoxy) is 2. The summed E-state index contributed by atoms with van der Waals surface area (Å²) in [6.07, 6.45) is 4.59. The quantitative estimate of drug-likeness (QED) is 0.730. The van der Waals surface area contributed by atoms with Gasteiger partial charge < -0.3 is 13.9 Å². The Kier molecular flexibility index (Phi) is 3.29. The molecule has 20 heavy (non-hydrogen) atoms. The molecule has 0 aliphatic heterocycles. The van der Waals surface area contributed by atoms with Crippen LogP contribution < -0.4 is 9.47 Å². The molecule has 0 atom stereocenters. The monoisotopic (exact) mass is 268 g/mol. The number of hydrogen-bond acceptors (Lipinski definition) is 3. The van der Waals surface area contributed by atoms with Crippen molar-refractivity contribution in [2.24, 2.45) is 0 Å². The van der Waals surface area contributed by atoms with Gasteiger partial charge in [-0.05, 0) is 29.8 Å². The lowest BCUT2D eigenvalue weighted by molar-refractivity contribution is 0.414. The SMILES string of the molecule is COc1cccc(Cc2ncc3c(OC)cccn23)c1. The van der Waals surface area contributed by atoms with Gasteiger partial charge in [-0.1, -0.05) is 12.1 Å². The average Bonchev–Trinajstić information content (AvgIpc) is 2.90. The number of imidazole rings is 1. The zero-order valence-electron chi connectivity index (χ0n) is 11.5. The molecule has 3 aromatic rings. The van der Waals surface area contributed by atoms with Crippen LogP contribution in [-0.4, -0.2) is 23.6 Å². The molecule has 3 rings (SSSR count). The third-order valence-corrected chi connectivity index (χ3v) is 3.32. The molecule has 0 aliphatic rings. The molecule has 1 aromatic carbocycles. The fraction of sp³-hybridized carbons (Fsp3) is 0.188. The van der Waals surface area contributed by atoms with Crippen molar-refractivity contribution in [1.82, 2.24) is 9.38 Å². The van der Waals surface area contributed by atoms with Crippen molar-refractivity contribution < 1.29 is 9.47 Å². The van der Waals surface area contributed by atoms with Gasteiger partial charge in [0.25, 0.3) is 0 Å². The van der Waals surface area contributed by atoms with Gasteiger partial charge in [0.2, 0.25) is 0 Å². The van der Waals surface area contributed by atoms with Crippen LogP contribution in [0.1, 0.15) is 11.4 Å². The molecule has 0 spiro atoms. The molecule has 2 heterocycles. The summed E-state index contributed by atoms with van der Waals surface area (Å²) in [5.74, 6) is 2.67. The lowest BCUT2D eigenvalue weighted by Gasteiger charge is -2.06. The highest BCUT2D eigenvalue weighted by atomic mass is 16.5. The maximum atomic E-state index is 5.35. The number of rotatable bonds is 4. The molecule has 0 aliphatic carbocycles. The molecule has 0 unspecified atom stereocenters. The van der Waals surface area contributed by atoms with Gasteiger partial charge in [0.05, 0.1) is 20.4 Å². The predicted octanol–water partition coefficient (Wildman–Crippen LogP) is 2.94. The Labute approximate surface area is 117 Å². The second kappa shape index (κ2) is 5.25. The molecule has 102 valence electrons. The van der Waals surface area contributed by atoms with Crippen LogP contribution in [0.25, 0.3) is 5.52 Å². The summed E-state index contributed by atoms with van der Waals surface area (Å²) in [5.41, 5.74) is 2.15. The van der Waals surface area contributed by atoms with Crippen molar-refractivity contribution in [3.8, 4) is 11.5 Å². The minimum absolute atomic E-state index is 0.749. The number of hydrogen-bond donors (Lipinski definition) is 0. The summed E-state index contributed by atoms with van der Waals surface area (Å²) >= 11 is 0. The van der Waals surface area contributed by atoms with Crippen molar-refractivity contribution in [2.45, 2.75) is 6.42 Å². The standard InChI is InChI=1S/C16H16N2O2/c1-19-13-6-3-5-12(9-13)10-16-17-11-14-15(20-2)7-4-8-18(14)16/h3-9,11H,10H2,1-2H3. The topological polar surface area (TPSA) is 35.8 Å². The summed E-state index contributed by atoms with van der Waals surface area (Å²) in [5, 5.41) is 0. The van der Waals surface area contributed by atoms with E-state index >= 15 is 0 Å². The Hall–Kier alpha value is -2.49. The van der Waals surface area contributed by atoms with Crippen LogP contribution in [0.4, 0.5) is 0 Å². The van der Waals surface area contributed by atoms with E-state index in [2.05, 4.69) is 15.5 Å². The summed E-state index contributed by atoms with van der Waals surface area (Å²) in [6, 6.07) is 11.9. The minimum atomic E-state index is 0.749. The summed E-state index contributed by atoms with van der Waals surface area (Å²) in [4.78, 5) is 4.50. The van der Waals surface area contributed by atoms with Gasteiger partial charge in [0.15, 0.2) is 0 Å². The average molecular weight is 268 g/mol. The zero-order chi connectivity index (χ0) is 13.9. The predicted molar refractivity (Wildman–Crippen MR) is 77.5 cm³/mol. The number of aromatic nitrogens is 2. The number of nitrogens with zero attached hydrogens (tertiary/aromatic N) is 2. The third-order valence-electron chi connectivity index (χ3n) is 3.32. The van der Waals surface area contributed by atoms with Gasteiger partial charge in [0.1, 0.15) is 22.8 Å². The first-order chi connectivity index (χ1) is 9.81. The number of methoxy groups -OCH3 is 2. The van der Waals surface area contributed by atoms with Crippen LogP contribution in [0.3, 0.4) is 0 Å². The molecule has 4 heteroatoms. The lowest BCUT2D eigenvalue weighted by atomic mass is 10.1. The molecule has 0 bridgehead atoms. The van der Waals surface area contributed by atoms with Gasteiger partial charge >= 0.3 is 0 Å². The molecule has 4 nitrogen and oxygen atoms in total. The Morgan fingerprint density at radius 2 is 2.00 bits per heavy atom. The fourth-order valence-corrected chi connectivity index (χ4v) is 2.32. The molecule has 0 amide bonds. The van der Waals surface area contributed by atoms with Crippen LogP contribution in [0, 0.1) is 0 Å². The highest BCUT2D eigenvalue weighted by molar-refractivity contribution is 5.59. The van der Waals surface area contributed by atoms with E-state index in [1.807, 2.05) is 42.7 Å². The highest BCUT2D eigenvalue weighted by Crippen LogP contribution is 2.22. The minimum Gasteiger partial charge on any atom is -0.497 e. The largest absolute Gasteiger partial charge is 0.497 e. The van der Waals surface area contributed by atoms with Crippen molar-refractivity contribution in [3.05, 3.63) is 60.2 Å². The van der Waals surface area contributed by atoms with Gasteiger partial charge in [-0.15, -0.1) is 0 Å². The van der Waals surface area contributed by atoms with E-state index in [0.717, 1.165) is 29.3 Å². The number of pyridine rings is 1. The van der Waals surface area contributed by atoms with Crippen molar-refractivity contribution in [1.29, 1.82) is 0 Å². The number of fused-ring (bicyclic) bond motifs is 1. The van der Waals surface area contributed by atoms with E-state index in [-0.39, 0.29) is 0 Å². The normalized spacial score (nSPS) is 10.7. The summed E-state index contributed by atoms with van der Waals surface area (Å²) in [7, 11) is 3.35. The Morgan fingerprint density at radius 1 is 1.10 bits per heavy atom. The fourth-order valence-electron chi connectivity index (χ4n) is 2.32. The van der Waals surface area contributed by atoms with Crippen LogP contribution in [-0.2, 0) is 6.42 Å². The van der Waals surface area contributed by atoms with Crippen LogP contribution in [0.15, 0.2) is 48.8 Å². The molecule has 0 saturated heterocycles. The van der Waals surface area contributed by atoms with Crippen LogP contribution >= 0.6 is 0 Å². The van der Waals surface area contributed by atoms with Crippen LogP contribution in [0.2, 0.25) is 0 Å². The van der Waals surface area contributed by atoms with Gasteiger partial charge in [0, 0.05) is 12.6 Å². The Morgan fingerprint density at radius 3 is 2.80 bits per heavy atom. The highest BCUT2D eigenvalue weighted by Gasteiger charge is 2.08. The van der Waals surface area contributed by atoms with Gasteiger partial charge in [-0.25, -0.2) is 4.98 Å². The van der Waals surface area contributed by atoms with E-state index < -0.39 is 0 Å². The summed E-state index contributed by atoms with van der Waals surface area (Å²) in [6.45, 7) is 0. The summed E-state index contributed by atoms with van der Waals surface area (Å²) < 4.78 is 12.7.